The average Bonchev–Trinajstić information content (AvgIpc) is 3.31. The zero-order chi connectivity index (χ0) is 21.3. The van der Waals surface area contributed by atoms with Crippen LogP contribution >= 0.6 is 11.3 Å². The highest BCUT2D eigenvalue weighted by Gasteiger charge is 2.30. The summed E-state index contributed by atoms with van der Waals surface area (Å²) in [5.41, 5.74) is 2.30. The number of fused-ring (bicyclic) bond motifs is 1. The minimum atomic E-state index is -4.37. The van der Waals surface area contributed by atoms with Crippen LogP contribution < -0.4 is 5.32 Å². The molecule has 4 aromatic rings. The highest BCUT2D eigenvalue weighted by Crippen LogP contribution is 2.31. The number of imidazole rings is 1. The standard InChI is InChI=1S/C21H17F3N4OS/c1-28-17-5-3-2-4-16(17)27-18(28)11-25-19(29)10-15-12-30-20(26-15)13-6-8-14(9-7-13)21(22,23)24/h2-9,12H,10-11H2,1H3,(H,25,29). The Morgan fingerprint density at radius 3 is 2.53 bits per heavy atom. The lowest BCUT2D eigenvalue weighted by Gasteiger charge is -2.06. The van der Waals surface area contributed by atoms with Gasteiger partial charge in [0.2, 0.25) is 5.91 Å². The second-order valence-corrected chi connectivity index (χ2v) is 7.61. The van der Waals surface area contributed by atoms with E-state index in [-0.39, 0.29) is 12.3 Å². The molecular formula is C21H17F3N4OS. The van der Waals surface area contributed by atoms with Gasteiger partial charge in [0.1, 0.15) is 10.8 Å². The molecular weight excluding hydrogens is 413 g/mol. The number of hydrogen-bond acceptors (Lipinski definition) is 4. The van der Waals surface area contributed by atoms with Gasteiger partial charge in [0.15, 0.2) is 0 Å². The van der Waals surface area contributed by atoms with E-state index >= 15 is 0 Å². The number of para-hydroxylation sites is 2. The second kappa shape index (κ2) is 7.91. The van der Waals surface area contributed by atoms with Gasteiger partial charge in [0.25, 0.3) is 0 Å². The summed E-state index contributed by atoms with van der Waals surface area (Å²) in [5, 5.41) is 5.15. The fourth-order valence-corrected chi connectivity index (χ4v) is 3.91. The van der Waals surface area contributed by atoms with Crippen molar-refractivity contribution in [2.75, 3.05) is 0 Å². The third kappa shape index (κ3) is 4.20. The predicted molar refractivity (Wildman–Crippen MR) is 109 cm³/mol. The van der Waals surface area contributed by atoms with E-state index in [4.69, 9.17) is 0 Å². The van der Waals surface area contributed by atoms with Crippen LogP contribution in [0.4, 0.5) is 13.2 Å². The Kier molecular flexibility index (Phi) is 5.29. The Bertz CT molecular complexity index is 1200. The van der Waals surface area contributed by atoms with Crippen LogP contribution in [-0.4, -0.2) is 20.4 Å². The zero-order valence-corrected chi connectivity index (χ0v) is 16.7. The lowest BCUT2D eigenvalue weighted by molar-refractivity contribution is -0.137. The zero-order valence-electron chi connectivity index (χ0n) is 15.9. The maximum atomic E-state index is 12.7. The average molecular weight is 430 g/mol. The second-order valence-electron chi connectivity index (χ2n) is 6.75. The number of nitrogens with zero attached hydrogens (tertiary/aromatic N) is 3. The van der Waals surface area contributed by atoms with E-state index in [9.17, 15) is 18.0 Å². The van der Waals surface area contributed by atoms with Crippen LogP contribution in [0.2, 0.25) is 0 Å². The molecule has 0 saturated carbocycles. The van der Waals surface area contributed by atoms with Crippen molar-refractivity contribution in [3.05, 3.63) is 71.0 Å². The maximum absolute atomic E-state index is 12.7. The van der Waals surface area contributed by atoms with Crippen molar-refractivity contribution in [3.8, 4) is 10.6 Å². The van der Waals surface area contributed by atoms with E-state index in [1.54, 1.807) is 5.38 Å². The van der Waals surface area contributed by atoms with E-state index in [2.05, 4.69) is 15.3 Å². The number of thiazole rings is 1. The molecule has 0 aliphatic rings. The monoisotopic (exact) mass is 430 g/mol. The van der Waals surface area contributed by atoms with Gasteiger partial charge in [-0.1, -0.05) is 24.3 Å². The largest absolute Gasteiger partial charge is 0.416 e. The van der Waals surface area contributed by atoms with Gasteiger partial charge in [-0.05, 0) is 24.3 Å². The molecule has 1 amide bonds. The molecule has 0 atom stereocenters. The first kappa shape index (κ1) is 20.1. The minimum absolute atomic E-state index is 0.0844. The molecule has 0 aliphatic heterocycles. The summed E-state index contributed by atoms with van der Waals surface area (Å²) in [6.07, 6.45) is -4.29. The van der Waals surface area contributed by atoms with Gasteiger partial charge in [-0.3, -0.25) is 4.79 Å². The number of rotatable bonds is 5. The van der Waals surface area contributed by atoms with Crippen LogP contribution in [0.25, 0.3) is 21.6 Å². The molecule has 0 radical (unpaired) electrons. The number of carbonyl (C=O) groups excluding carboxylic acids is 1. The summed E-state index contributed by atoms with van der Waals surface area (Å²) in [7, 11) is 1.90. The van der Waals surface area contributed by atoms with E-state index in [1.165, 1.54) is 23.5 Å². The van der Waals surface area contributed by atoms with Gasteiger partial charge >= 0.3 is 6.18 Å². The van der Waals surface area contributed by atoms with Gasteiger partial charge in [-0.2, -0.15) is 13.2 Å². The minimum Gasteiger partial charge on any atom is -0.349 e. The normalized spacial score (nSPS) is 11.7. The first-order valence-electron chi connectivity index (χ1n) is 9.10. The van der Waals surface area contributed by atoms with Crippen molar-refractivity contribution in [1.29, 1.82) is 0 Å². The van der Waals surface area contributed by atoms with Crippen LogP contribution in [0.1, 0.15) is 17.1 Å². The molecule has 2 aromatic heterocycles. The number of carbonyl (C=O) groups is 1. The molecule has 154 valence electrons. The van der Waals surface area contributed by atoms with Crippen LogP contribution in [0.3, 0.4) is 0 Å². The molecule has 4 rings (SSSR count). The van der Waals surface area contributed by atoms with Crippen molar-refractivity contribution in [3.63, 3.8) is 0 Å². The molecule has 2 heterocycles. The number of benzene rings is 2. The summed E-state index contributed by atoms with van der Waals surface area (Å²) in [6, 6.07) is 12.6. The Labute approximate surface area is 174 Å². The van der Waals surface area contributed by atoms with Gasteiger partial charge < -0.3 is 9.88 Å². The summed E-state index contributed by atoms with van der Waals surface area (Å²) < 4.78 is 40.0. The molecule has 1 N–H and O–H groups in total. The molecule has 0 aliphatic carbocycles. The van der Waals surface area contributed by atoms with Gasteiger partial charge in [-0.25, -0.2) is 9.97 Å². The number of alkyl halides is 3. The summed E-state index contributed by atoms with van der Waals surface area (Å²) in [6.45, 7) is 0.292. The number of amides is 1. The highest BCUT2D eigenvalue weighted by molar-refractivity contribution is 7.13. The SMILES string of the molecule is Cn1c(CNC(=O)Cc2csc(-c3ccc(C(F)(F)F)cc3)n2)nc2ccccc21. The molecule has 0 saturated heterocycles. The Balaban J connectivity index is 1.38. The Hall–Kier alpha value is -3.20. The number of aromatic nitrogens is 3. The first-order valence-corrected chi connectivity index (χ1v) is 9.98. The molecule has 5 nitrogen and oxygen atoms in total. The first-order chi connectivity index (χ1) is 14.3. The van der Waals surface area contributed by atoms with Crippen molar-refractivity contribution >= 4 is 28.3 Å². The lowest BCUT2D eigenvalue weighted by Crippen LogP contribution is -2.26. The fraction of sp³-hybridized carbons (Fsp3) is 0.190. The van der Waals surface area contributed by atoms with Crippen molar-refractivity contribution < 1.29 is 18.0 Å². The van der Waals surface area contributed by atoms with Crippen LogP contribution in [0.5, 0.6) is 0 Å². The molecule has 0 fully saturated rings. The smallest absolute Gasteiger partial charge is 0.349 e. The van der Waals surface area contributed by atoms with Gasteiger partial charge in [0, 0.05) is 18.0 Å². The number of aryl methyl sites for hydroxylation is 1. The lowest BCUT2D eigenvalue weighted by atomic mass is 10.1. The highest BCUT2D eigenvalue weighted by atomic mass is 32.1. The number of halogens is 3. The van der Waals surface area contributed by atoms with Gasteiger partial charge in [-0.15, -0.1) is 11.3 Å². The van der Waals surface area contributed by atoms with E-state index in [0.717, 1.165) is 29.0 Å². The summed E-state index contributed by atoms with van der Waals surface area (Å²) in [5.74, 6) is 0.541. The summed E-state index contributed by atoms with van der Waals surface area (Å²) in [4.78, 5) is 21.2. The Morgan fingerprint density at radius 1 is 1.10 bits per heavy atom. The van der Waals surface area contributed by atoms with Crippen molar-refractivity contribution in [2.45, 2.75) is 19.1 Å². The third-order valence-electron chi connectivity index (χ3n) is 4.68. The van der Waals surface area contributed by atoms with E-state index < -0.39 is 11.7 Å². The summed E-state index contributed by atoms with van der Waals surface area (Å²) >= 11 is 1.29. The topological polar surface area (TPSA) is 59.8 Å². The van der Waals surface area contributed by atoms with Crippen LogP contribution in [0, 0.1) is 0 Å². The van der Waals surface area contributed by atoms with Crippen LogP contribution in [0.15, 0.2) is 53.9 Å². The number of hydrogen-bond donors (Lipinski definition) is 1. The molecule has 0 unspecified atom stereocenters. The molecule has 30 heavy (non-hydrogen) atoms. The fourth-order valence-electron chi connectivity index (χ4n) is 3.08. The van der Waals surface area contributed by atoms with Crippen molar-refractivity contribution in [2.24, 2.45) is 7.05 Å². The van der Waals surface area contributed by atoms with Gasteiger partial charge in [0.05, 0.1) is 35.3 Å². The van der Waals surface area contributed by atoms with E-state index in [1.807, 2.05) is 35.9 Å². The third-order valence-corrected chi connectivity index (χ3v) is 5.62. The number of nitrogens with one attached hydrogen (secondary N) is 1. The molecule has 2 aromatic carbocycles. The molecule has 9 heteroatoms. The van der Waals surface area contributed by atoms with Crippen LogP contribution in [-0.2, 0) is 31.0 Å². The quantitative estimate of drug-likeness (QED) is 0.504. The maximum Gasteiger partial charge on any atom is 0.416 e. The molecule has 0 bridgehead atoms. The van der Waals surface area contributed by atoms with Crippen molar-refractivity contribution in [1.82, 2.24) is 19.9 Å². The van der Waals surface area contributed by atoms with E-state index in [0.29, 0.717) is 22.8 Å². The molecule has 0 spiro atoms. The Morgan fingerprint density at radius 2 is 1.83 bits per heavy atom. The predicted octanol–water partition coefficient (Wildman–Crippen LogP) is 4.57.